The fourth-order valence-electron chi connectivity index (χ4n) is 1.37. The standard InChI is InChI=1S/C9H12O3S/c1-6-5-7(9(10-2)13-6)8-11-3-4-12-8/h5,8H,3-4H2,1-2H3. The normalized spacial score (nSPS) is 18.0. The molecule has 0 spiro atoms. The molecule has 13 heavy (non-hydrogen) atoms. The van der Waals surface area contributed by atoms with Crippen LogP contribution < -0.4 is 4.74 Å². The highest BCUT2D eigenvalue weighted by molar-refractivity contribution is 7.14. The predicted molar refractivity (Wildman–Crippen MR) is 50.3 cm³/mol. The summed E-state index contributed by atoms with van der Waals surface area (Å²) in [7, 11) is 1.67. The topological polar surface area (TPSA) is 27.7 Å². The Labute approximate surface area is 81.2 Å². The van der Waals surface area contributed by atoms with E-state index in [0.29, 0.717) is 13.2 Å². The van der Waals surface area contributed by atoms with Gasteiger partial charge in [-0.15, -0.1) is 11.3 Å². The van der Waals surface area contributed by atoms with Crippen LogP contribution in [0.5, 0.6) is 5.06 Å². The molecule has 1 saturated heterocycles. The highest BCUT2D eigenvalue weighted by atomic mass is 32.1. The molecular formula is C9H12O3S. The van der Waals surface area contributed by atoms with Crippen LogP contribution in [0.25, 0.3) is 0 Å². The molecule has 0 radical (unpaired) electrons. The van der Waals surface area contributed by atoms with Crippen molar-refractivity contribution in [3.63, 3.8) is 0 Å². The average molecular weight is 200 g/mol. The summed E-state index contributed by atoms with van der Waals surface area (Å²) in [6.45, 7) is 3.39. The van der Waals surface area contributed by atoms with Gasteiger partial charge in [-0.05, 0) is 13.0 Å². The average Bonchev–Trinajstić information content (AvgIpc) is 2.71. The first-order chi connectivity index (χ1) is 6.31. The van der Waals surface area contributed by atoms with Gasteiger partial charge in [0.25, 0.3) is 0 Å². The SMILES string of the molecule is COc1sc(C)cc1C1OCCO1. The van der Waals surface area contributed by atoms with E-state index in [-0.39, 0.29) is 6.29 Å². The third-order valence-electron chi connectivity index (χ3n) is 1.91. The molecule has 72 valence electrons. The second-order valence-corrected chi connectivity index (χ2v) is 4.10. The molecule has 3 nitrogen and oxygen atoms in total. The zero-order chi connectivity index (χ0) is 9.26. The number of rotatable bonds is 2. The van der Waals surface area contributed by atoms with E-state index in [1.807, 2.05) is 6.92 Å². The first-order valence-electron chi connectivity index (χ1n) is 4.19. The Morgan fingerprint density at radius 3 is 2.77 bits per heavy atom. The molecule has 0 aromatic carbocycles. The third kappa shape index (κ3) is 1.70. The monoisotopic (exact) mass is 200 g/mol. The van der Waals surface area contributed by atoms with Crippen molar-refractivity contribution < 1.29 is 14.2 Å². The second-order valence-electron chi connectivity index (χ2n) is 2.88. The van der Waals surface area contributed by atoms with Crippen LogP contribution >= 0.6 is 11.3 Å². The first-order valence-corrected chi connectivity index (χ1v) is 5.00. The predicted octanol–water partition coefficient (Wildman–Crippen LogP) is 2.11. The molecule has 0 atom stereocenters. The first kappa shape index (κ1) is 8.99. The highest BCUT2D eigenvalue weighted by Gasteiger charge is 2.23. The molecule has 2 heterocycles. The summed E-state index contributed by atoms with van der Waals surface area (Å²) in [4.78, 5) is 1.21. The van der Waals surface area contributed by atoms with E-state index in [2.05, 4.69) is 6.07 Å². The molecule has 1 aromatic heterocycles. The van der Waals surface area contributed by atoms with Gasteiger partial charge in [0.2, 0.25) is 0 Å². The second kappa shape index (κ2) is 3.65. The van der Waals surface area contributed by atoms with Gasteiger partial charge in [-0.2, -0.15) is 0 Å². The lowest BCUT2D eigenvalue weighted by Gasteiger charge is -2.08. The number of methoxy groups -OCH3 is 1. The van der Waals surface area contributed by atoms with Gasteiger partial charge in [0.1, 0.15) is 0 Å². The number of hydrogen-bond acceptors (Lipinski definition) is 4. The van der Waals surface area contributed by atoms with E-state index in [9.17, 15) is 0 Å². The van der Waals surface area contributed by atoms with Crippen molar-refractivity contribution in [3.8, 4) is 5.06 Å². The van der Waals surface area contributed by atoms with Crippen molar-refractivity contribution in [2.45, 2.75) is 13.2 Å². The van der Waals surface area contributed by atoms with Crippen LogP contribution in [-0.2, 0) is 9.47 Å². The van der Waals surface area contributed by atoms with Crippen molar-refractivity contribution in [3.05, 3.63) is 16.5 Å². The Bertz CT molecular complexity index is 289. The summed E-state index contributed by atoms with van der Waals surface area (Å²) in [5.41, 5.74) is 1.02. The number of thiophene rings is 1. The molecule has 1 aliphatic heterocycles. The molecule has 0 N–H and O–H groups in total. The maximum atomic E-state index is 5.40. The fourth-order valence-corrected chi connectivity index (χ4v) is 2.21. The summed E-state index contributed by atoms with van der Waals surface area (Å²) in [6, 6.07) is 2.06. The molecule has 0 saturated carbocycles. The number of ether oxygens (including phenoxy) is 3. The zero-order valence-corrected chi connectivity index (χ0v) is 8.52. The minimum atomic E-state index is -0.222. The Morgan fingerprint density at radius 1 is 1.46 bits per heavy atom. The lowest BCUT2D eigenvalue weighted by molar-refractivity contribution is -0.0450. The van der Waals surface area contributed by atoms with Crippen molar-refractivity contribution in [1.82, 2.24) is 0 Å². The van der Waals surface area contributed by atoms with Gasteiger partial charge in [0.05, 0.1) is 25.9 Å². The summed E-state index contributed by atoms with van der Waals surface area (Å²) in [5, 5.41) is 0.893. The van der Waals surface area contributed by atoms with E-state index in [1.165, 1.54) is 4.88 Å². The maximum Gasteiger partial charge on any atom is 0.188 e. The lowest BCUT2D eigenvalue weighted by atomic mass is 10.3. The smallest absolute Gasteiger partial charge is 0.188 e. The fraction of sp³-hybridized carbons (Fsp3) is 0.556. The minimum Gasteiger partial charge on any atom is -0.487 e. The van der Waals surface area contributed by atoms with Gasteiger partial charge >= 0.3 is 0 Å². The van der Waals surface area contributed by atoms with Crippen molar-refractivity contribution in [2.24, 2.45) is 0 Å². The summed E-state index contributed by atoms with van der Waals surface area (Å²) < 4.78 is 16.0. The molecule has 4 heteroatoms. The Balaban J connectivity index is 2.26. The van der Waals surface area contributed by atoms with Crippen molar-refractivity contribution >= 4 is 11.3 Å². The molecule has 0 amide bonds. The van der Waals surface area contributed by atoms with Crippen LogP contribution in [0.1, 0.15) is 16.7 Å². The maximum absolute atomic E-state index is 5.40. The molecule has 1 aromatic rings. The molecule has 2 rings (SSSR count). The van der Waals surface area contributed by atoms with E-state index in [4.69, 9.17) is 14.2 Å². The van der Waals surface area contributed by atoms with Gasteiger partial charge in [-0.3, -0.25) is 0 Å². The summed E-state index contributed by atoms with van der Waals surface area (Å²) >= 11 is 1.62. The van der Waals surface area contributed by atoms with Gasteiger partial charge in [0, 0.05) is 4.88 Å². The van der Waals surface area contributed by atoms with Gasteiger partial charge in [-0.1, -0.05) is 0 Å². The Morgan fingerprint density at radius 2 is 2.15 bits per heavy atom. The number of aryl methyl sites for hydroxylation is 1. The van der Waals surface area contributed by atoms with Gasteiger partial charge in [0.15, 0.2) is 11.4 Å². The Kier molecular flexibility index (Phi) is 2.53. The van der Waals surface area contributed by atoms with E-state index < -0.39 is 0 Å². The van der Waals surface area contributed by atoms with Crippen LogP contribution in [0, 0.1) is 6.92 Å². The summed E-state index contributed by atoms with van der Waals surface area (Å²) in [6.07, 6.45) is -0.222. The largest absolute Gasteiger partial charge is 0.487 e. The molecule has 0 unspecified atom stereocenters. The van der Waals surface area contributed by atoms with Crippen LogP contribution in [0.3, 0.4) is 0 Å². The molecule has 0 aliphatic carbocycles. The quantitative estimate of drug-likeness (QED) is 0.731. The lowest BCUT2D eigenvalue weighted by Crippen LogP contribution is -1.97. The van der Waals surface area contributed by atoms with Gasteiger partial charge < -0.3 is 14.2 Å². The van der Waals surface area contributed by atoms with Gasteiger partial charge in [-0.25, -0.2) is 0 Å². The van der Waals surface area contributed by atoms with Crippen molar-refractivity contribution in [1.29, 1.82) is 0 Å². The number of hydrogen-bond donors (Lipinski definition) is 0. The van der Waals surface area contributed by atoms with Crippen LogP contribution in [-0.4, -0.2) is 20.3 Å². The Hall–Kier alpha value is -0.580. The summed E-state index contributed by atoms with van der Waals surface area (Å²) in [5.74, 6) is 0. The molecule has 1 fully saturated rings. The zero-order valence-electron chi connectivity index (χ0n) is 7.70. The third-order valence-corrected chi connectivity index (χ3v) is 2.94. The molecule has 0 bridgehead atoms. The highest BCUT2D eigenvalue weighted by Crippen LogP contribution is 2.37. The van der Waals surface area contributed by atoms with E-state index in [0.717, 1.165) is 10.6 Å². The minimum absolute atomic E-state index is 0.222. The van der Waals surface area contributed by atoms with Crippen molar-refractivity contribution in [2.75, 3.05) is 20.3 Å². The van der Waals surface area contributed by atoms with E-state index >= 15 is 0 Å². The molecular weight excluding hydrogens is 188 g/mol. The van der Waals surface area contributed by atoms with Crippen LogP contribution in [0.4, 0.5) is 0 Å². The van der Waals surface area contributed by atoms with Crippen LogP contribution in [0.2, 0.25) is 0 Å². The van der Waals surface area contributed by atoms with Crippen LogP contribution in [0.15, 0.2) is 6.07 Å². The molecule has 1 aliphatic rings. The van der Waals surface area contributed by atoms with E-state index in [1.54, 1.807) is 18.4 Å².